The van der Waals surface area contributed by atoms with Crippen molar-refractivity contribution < 1.29 is 9.59 Å². The van der Waals surface area contributed by atoms with E-state index in [0.29, 0.717) is 13.0 Å². The number of hydrogen-bond acceptors (Lipinski definition) is 2. The van der Waals surface area contributed by atoms with Gasteiger partial charge in [0.15, 0.2) is 0 Å². The molecule has 1 aliphatic heterocycles. The van der Waals surface area contributed by atoms with Gasteiger partial charge in [-0.3, -0.25) is 9.59 Å². The number of carbonyl (C=O) groups excluding carboxylic acids is 2. The summed E-state index contributed by atoms with van der Waals surface area (Å²) in [6, 6.07) is 15.5. The molecule has 3 rings (SSSR count). The smallest absolute Gasteiger partial charge is 0.244 e. The Bertz CT molecular complexity index is 812. The Morgan fingerprint density at radius 3 is 2.60 bits per heavy atom. The molecule has 1 aliphatic rings. The molecule has 1 N–H and O–H groups in total. The van der Waals surface area contributed by atoms with Crippen LogP contribution in [0, 0.1) is 13.8 Å². The second-order valence-corrected chi connectivity index (χ2v) is 6.43. The van der Waals surface area contributed by atoms with Gasteiger partial charge in [0.1, 0.15) is 0 Å². The Hall–Kier alpha value is -2.88. The van der Waals surface area contributed by atoms with Gasteiger partial charge >= 0.3 is 0 Å². The normalized spacial score (nSPS) is 17.3. The highest BCUT2D eigenvalue weighted by atomic mass is 16.2. The number of anilines is 1. The van der Waals surface area contributed by atoms with E-state index in [-0.39, 0.29) is 17.9 Å². The largest absolute Gasteiger partial charge is 0.347 e. The zero-order valence-electron chi connectivity index (χ0n) is 14.5. The summed E-state index contributed by atoms with van der Waals surface area (Å²) in [5, 5.41) is 2.92. The van der Waals surface area contributed by atoms with E-state index >= 15 is 0 Å². The first-order valence-electron chi connectivity index (χ1n) is 8.44. The zero-order valence-corrected chi connectivity index (χ0v) is 14.5. The summed E-state index contributed by atoms with van der Waals surface area (Å²) in [7, 11) is 0. The van der Waals surface area contributed by atoms with Crippen LogP contribution in [0.25, 0.3) is 6.08 Å². The lowest BCUT2D eigenvalue weighted by molar-refractivity contribution is -0.117. The van der Waals surface area contributed by atoms with Gasteiger partial charge < -0.3 is 10.2 Å². The number of rotatable bonds is 4. The van der Waals surface area contributed by atoms with Crippen LogP contribution in [0.2, 0.25) is 0 Å². The third-order valence-electron chi connectivity index (χ3n) is 4.50. The zero-order chi connectivity index (χ0) is 17.8. The van der Waals surface area contributed by atoms with E-state index in [1.807, 2.05) is 62.4 Å². The molecule has 4 nitrogen and oxygen atoms in total. The number of hydrogen-bond donors (Lipinski definition) is 1. The van der Waals surface area contributed by atoms with Crippen molar-refractivity contribution in [2.45, 2.75) is 26.3 Å². The number of amides is 2. The molecule has 1 heterocycles. The fraction of sp³-hybridized carbons (Fsp3) is 0.238. The molecule has 2 aromatic carbocycles. The van der Waals surface area contributed by atoms with Crippen molar-refractivity contribution >= 4 is 23.6 Å². The Morgan fingerprint density at radius 2 is 1.88 bits per heavy atom. The van der Waals surface area contributed by atoms with Gasteiger partial charge in [0.2, 0.25) is 11.8 Å². The summed E-state index contributed by atoms with van der Waals surface area (Å²) in [6.45, 7) is 4.59. The third kappa shape index (κ3) is 4.15. The molecule has 1 saturated heterocycles. The summed E-state index contributed by atoms with van der Waals surface area (Å²) < 4.78 is 0. The summed E-state index contributed by atoms with van der Waals surface area (Å²) >= 11 is 0. The van der Waals surface area contributed by atoms with Crippen molar-refractivity contribution in [2.75, 3.05) is 11.4 Å². The van der Waals surface area contributed by atoms with E-state index in [4.69, 9.17) is 0 Å². The van der Waals surface area contributed by atoms with Crippen LogP contribution in [0.1, 0.15) is 23.1 Å². The first-order valence-corrected chi connectivity index (χ1v) is 8.44. The fourth-order valence-electron chi connectivity index (χ4n) is 2.93. The third-order valence-corrected chi connectivity index (χ3v) is 4.50. The number of nitrogens with one attached hydrogen (secondary N) is 1. The van der Waals surface area contributed by atoms with E-state index < -0.39 is 0 Å². The highest BCUT2D eigenvalue weighted by Gasteiger charge is 2.31. The lowest BCUT2D eigenvalue weighted by atomic mass is 10.1. The van der Waals surface area contributed by atoms with Gasteiger partial charge in [0.25, 0.3) is 0 Å². The molecule has 0 saturated carbocycles. The van der Waals surface area contributed by atoms with E-state index in [2.05, 4.69) is 5.32 Å². The van der Waals surface area contributed by atoms with Crippen LogP contribution < -0.4 is 10.2 Å². The van der Waals surface area contributed by atoms with Crippen molar-refractivity contribution in [1.82, 2.24) is 5.32 Å². The van der Waals surface area contributed by atoms with Gasteiger partial charge in [0, 0.05) is 24.7 Å². The lowest BCUT2D eigenvalue weighted by Crippen LogP contribution is -2.36. The van der Waals surface area contributed by atoms with Crippen LogP contribution in [0.15, 0.2) is 54.6 Å². The lowest BCUT2D eigenvalue weighted by Gasteiger charge is -2.18. The second-order valence-electron chi connectivity index (χ2n) is 6.43. The molecule has 0 aliphatic carbocycles. The van der Waals surface area contributed by atoms with Crippen LogP contribution in [-0.4, -0.2) is 24.4 Å². The van der Waals surface area contributed by atoms with Crippen molar-refractivity contribution in [3.63, 3.8) is 0 Å². The van der Waals surface area contributed by atoms with Crippen LogP contribution >= 0.6 is 0 Å². The van der Waals surface area contributed by atoms with Crippen molar-refractivity contribution in [3.8, 4) is 0 Å². The van der Waals surface area contributed by atoms with Crippen LogP contribution in [0.5, 0.6) is 0 Å². The van der Waals surface area contributed by atoms with Gasteiger partial charge in [-0.2, -0.15) is 0 Å². The summed E-state index contributed by atoms with van der Waals surface area (Å²) in [6.07, 6.45) is 3.61. The molecule has 0 aromatic heterocycles. The molecule has 0 radical (unpaired) electrons. The van der Waals surface area contributed by atoms with Gasteiger partial charge in [-0.05, 0) is 48.7 Å². The Labute approximate surface area is 148 Å². The van der Waals surface area contributed by atoms with Crippen molar-refractivity contribution in [2.24, 2.45) is 0 Å². The van der Waals surface area contributed by atoms with Crippen LogP contribution in [0.3, 0.4) is 0 Å². The van der Waals surface area contributed by atoms with Crippen molar-refractivity contribution in [1.29, 1.82) is 0 Å². The molecule has 1 atom stereocenters. The molecule has 2 amide bonds. The highest BCUT2D eigenvalue weighted by molar-refractivity contribution is 5.98. The standard InChI is InChI=1S/C21H22N2O2/c1-15-8-10-19(12-16(15)2)23-14-18(13-21(23)25)22-20(24)11-9-17-6-4-3-5-7-17/h3-12,18H,13-14H2,1-2H3,(H,22,24)/b11-9-/t18-/m0/s1. The SMILES string of the molecule is Cc1ccc(N2C[C@@H](NC(=O)/C=C\c3ccccc3)CC2=O)cc1C. The molecule has 4 heteroatoms. The van der Waals surface area contributed by atoms with Crippen molar-refractivity contribution in [3.05, 3.63) is 71.3 Å². The highest BCUT2D eigenvalue weighted by Crippen LogP contribution is 2.24. The predicted molar refractivity (Wildman–Crippen MR) is 100 cm³/mol. The summed E-state index contributed by atoms with van der Waals surface area (Å²) in [5.74, 6) is -0.135. The maximum Gasteiger partial charge on any atom is 0.244 e. The van der Waals surface area contributed by atoms with E-state index in [1.54, 1.807) is 11.0 Å². The number of carbonyl (C=O) groups is 2. The molecule has 0 spiro atoms. The topological polar surface area (TPSA) is 49.4 Å². The maximum absolute atomic E-state index is 12.3. The molecule has 25 heavy (non-hydrogen) atoms. The van der Waals surface area contributed by atoms with Gasteiger partial charge in [0.05, 0.1) is 6.04 Å². The maximum atomic E-state index is 12.3. The average molecular weight is 334 g/mol. The minimum absolute atomic E-state index is 0.0422. The quantitative estimate of drug-likeness (QED) is 0.873. The monoisotopic (exact) mass is 334 g/mol. The summed E-state index contributed by atoms with van der Waals surface area (Å²) in [4.78, 5) is 26.1. The van der Waals surface area contributed by atoms with Gasteiger partial charge in [-0.15, -0.1) is 0 Å². The Kier molecular flexibility index (Phi) is 4.98. The van der Waals surface area contributed by atoms with Crippen LogP contribution in [-0.2, 0) is 9.59 Å². The van der Waals surface area contributed by atoms with Gasteiger partial charge in [-0.25, -0.2) is 0 Å². The first-order chi connectivity index (χ1) is 12.0. The molecular formula is C21H22N2O2. The number of aryl methyl sites for hydroxylation is 2. The fourth-order valence-corrected chi connectivity index (χ4v) is 2.93. The van der Waals surface area contributed by atoms with E-state index in [1.165, 1.54) is 11.6 Å². The number of benzene rings is 2. The second kappa shape index (κ2) is 7.34. The minimum Gasteiger partial charge on any atom is -0.347 e. The molecule has 1 fully saturated rings. The molecule has 128 valence electrons. The first kappa shape index (κ1) is 17.0. The predicted octanol–water partition coefficient (Wildman–Crippen LogP) is 3.24. The Morgan fingerprint density at radius 1 is 1.12 bits per heavy atom. The molecule has 0 unspecified atom stereocenters. The molecule has 2 aromatic rings. The van der Waals surface area contributed by atoms with Gasteiger partial charge in [-0.1, -0.05) is 36.4 Å². The van der Waals surface area contributed by atoms with Crippen LogP contribution in [0.4, 0.5) is 5.69 Å². The summed E-state index contributed by atoms with van der Waals surface area (Å²) in [5.41, 5.74) is 4.22. The molecule has 0 bridgehead atoms. The number of nitrogens with zero attached hydrogens (tertiary/aromatic N) is 1. The average Bonchev–Trinajstić information content (AvgIpc) is 2.96. The van der Waals surface area contributed by atoms with E-state index in [9.17, 15) is 9.59 Å². The molecular weight excluding hydrogens is 312 g/mol. The Balaban J connectivity index is 1.61. The minimum atomic E-state index is -0.177. The van der Waals surface area contributed by atoms with E-state index in [0.717, 1.165) is 16.8 Å².